The van der Waals surface area contributed by atoms with Crippen LogP contribution in [0.5, 0.6) is 0 Å². The van der Waals surface area contributed by atoms with Gasteiger partial charge in [-0.25, -0.2) is 4.98 Å². The molecule has 4 heteroatoms. The van der Waals surface area contributed by atoms with Gasteiger partial charge in [0.05, 0.1) is 0 Å². The van der Waals surface area contributed by atoms with Crippen LogP contribution in [0.1, 0.15) is 42.6 Å². The second-order valence-electron chi connectivity index (χ2n) is 4.45. The lowest BCUT2D eigenvalue weighted by Crippen LogP contribution is -2.25. The van der Waals surface area contributed by atoms with Gasteiger partial charge in [-0.1, -0.05) is 13.8 Å². The normalized spacial score (nSPS) is 12.8. The Hall–Kier alpha value is -1.13. The van der Waals surface area contributed by atoms with Crippen LogP contribution >= 0.6 is 11.3 Å². The van der Waals surface area contributed by atoms with Crippen molar-refractivity contribution in [1.82, 2.24) is 14.9 Å². The Morgan fingerprint density at radius 1 is 1.44 bits per heavy atom. The molecule has 1 atom stereocenters. The van der Waals surface area contributed by atoms with Crippen molar-refractivity contribution in [2.24, 2.45) is 7.05 Å². The maximum atomic E-state index is 4.51. The van der Waals surface area contributed by atoms with Crippen molar-refractivity contribution in [2.75, 3.05) is 6.54 Å². The van der Waals surface area contributed by atoms with Crippen molar-refractivity contribution in [1.29, 1.82) is 0 Å². The molecule has 1 N–H and O–H groups in total. The maximum absolute atomic E-state index is 4.51. The minimum atomic E-state index is 0.222. The minimum Gasteiger partial charge on any atom is -0.336 e. The number of thiophene rings is 1. The Bertz CT molecular complexity index is 487. The van der Waals surface area contributed by atoms with Crippen molar-refractivity contribution in [3.05, 3.63) is 40.1 Å². The van der Waals surface area contributed by atoms with Crippen molar-refractivity contribution >= 4 is 11.3 Å². The molecule has 0 aliphatic heterocycles. The van der Waals surface area contributed by atoms with Gasteiger partial charge in [-0.2, -0.15) is 0 Å². The molecule has 0 aliphatic rings. The van der Waals surface area contributed by atoms with Gasteiger partial charge >= 0.3 is 0 Å². The fourth-order valence-corrected chi connectivity index (χ4v) is 3.21. The van der Waals surface area contributed by atoms with Crippen LogP contribution in [0, 0.1) is 0 Å². The Labute approximate surface area is 113 Å². The Kier molecular flexibility index (Phi) is 4.55. The van der Waals surface area contributed by atoms with Gasteiger partial charge in [-0.3, -0.25) is 0 Å². The molecule has 3 nitrogen and oxygen atoms in total. The third-order valence-electron chi connectivity index (χ3n) is 3.14. The van der Waals surface area contributed by atoms with E-state index in [2.05, 4.69) is 47.2 Å². The van der Waals surface area contributed by atoms with Gasteiger partial charge in [0, 0.05) is 24.3 Å². The summed E-state index contributed by atoms with van der Waals surface area (Å²) in [4.78, 5) is 5.91. The number of aryl methyl sites for hydroxylation is 2. The summed E-state index contributed by atoms with van der Waals surface area (Å²) < 4.78 is 2.10. The molecule has 2 aromatic rings. The van der Waals surface area contributed by atoms with Gasteiger partial charge in [0.2, 0.25) is 0 Å². The fraction of sp³-hybridized carbons (Fsp3) is 0.500. The summed E-state index contributed by atoms with van der Waals surface area (Å²) in [6.45, 7) is 5.41. The Morgan fingerprint density at radius 3 is 2.89 bits per heavy atom. The van der Waals surface area contributed by atoms with E-state index in [1.54, 1.807) is 0 Å². The minimum absolute atomic E-state index is 0.222. The van der Waals surface area contributed by atoms with Crippen LogP contribution in [-0.2, 0) is 13.5 Å². The second kappa shape index (κ2) is 6.16. The molecule has 0 spiro atoms. The second-order valence-corrected chi connectivity index (χ2v) is 5.39. The van der Waals surface area contributed by atoms with Crippen LogP contribution in [0.2, 0.25) is 0 Å². The average molecular weight is 263 g/mol. The highest BCUT2D eigenvalue weighted by atomic mass is 32.1. The topological polar surface area (TPSA) is 29.9 Å². The lowest BCUT2D eigenvalue weighted by Gasteiger charge is -2.18. The predicted octanol–water partition coefficient (Wildman–Crippen LogP) is 3.13. The summed E-state index contributed by atoms with van der Waals surface area (Å²) in [7, 11) is 2.06. The molecule has 0 saturated carbocycles. The lowest BCUT2D eigenvalue weighted by atomic mass is 10.1. The zero-order chi connectivity index (χ0) is 13.0. The first kappa shape index (κ1) is 13.3. The van der Waals surface area contributed by atoms with Crippen molar-refractivity contribution in [3.63, 3.8) is 0 Å². The molecule has 0 radical (unpaired) electrons. The highest BCUT2D eigenvalue weighted by Crippen LogP contribution is 2.29. The van der Waals surface area contributed by atoms with Crippen LogP contribution < -0.4 is 5.32 Å². The van der Waals surface area contributed by atoms with Gasteiger partial charge < -0.3 is 9.88 Å². The molecule has 0 fully saturated rings. The maximum Gasteiger partial charge on any atom is 0.131 e. The molecule has 1 unspecified atom stereocenters. The van der Waals surface area contributed by atoms with E-state index in [4.69, 9.17) is 0 Å². The van der Waals surface area contributed by atoms with Crippen molar-refractivity contribution < 1.29 is 0 Å². The van der Waals surface area contributed by atoms with E-state index in [-0.39, 0.29) is 6.04 Å². The largest absolute Gasteiger partial charge is 0.336 e. The number of hydrogen-bond acceptors (Lipinski definition) is 3. The van der Waals surface area contributed by atoms with E-state index in [1.165, 1.54) is 10.4 Å². The monoisotopic (exact) mass is 263 g/mol. The molecule has 98 valence electrons. The van der Waals surface area contributed by atoms with Gasteiger partial charge in [0.1, 0.15) is 11.9 Å². The summed E-state index contributed by atoms with van der Waals surface area (Å²) >= 11 is 1.82. The number of aromatic nitrogens is 2. The van der Waals surface area contributed by atoms with E-state index in [0.717, 1.165) is 25.2 Å². The van der Waals surface area contributed by atoms with Crippen LogP contribution in [0.15, 0.2) is 23.8 Å². The molecule has 0 amide bonds. The predicted molar refractivity (Wildman–Crippen MR) is 77.0 cm³/mol. The van der Waals surface area contributed by atoms with Crippen molar-refractivity contribution in [3.8, 4) is 0 Å². The van der Waals surface area contributed by atoms with Gasteiger partial charge in [0.15, 0.2) is 0 Å². The van der Waals surface area contributed by atoms with Crippen molar-refractivity contribution in [2.45, 2.75) is 32.7 Å². The molecule has 2 rings (SSSR count). The molecule has 18 heavy (non-hydrogen) atoms. The van der Waals surface area contributed by atoms with Crippen LogP contribution in [-0.4, -0.2) is 16.1 Å². The number of nitrogens with one attached hydrogen (secondary N) is 1. The van der Waals surface area contributed by atoms with Crippen LogP contribution in [0.3, 0.4) is 0 Å². The SMILES string of the molecule is CCCNC(c1sccc1CC)c1nccn1C. The highest BCUT2D eigenvalue weighted by molar-refractivity contribution is 7.10. The number of imidazole rings is 1. The molecule has 0 bridgehead atoms. The number of nitrogens with zero attached hydrogens (tertiary/aromatic N) is 2. The van der Waals surface area contributed by atoms with Gasteiger partial charge in [0.25, 0.3) is 0 Å². The third kappa shape index (κ3) is 2.65. The molecule has 0 aliphatic carbocycles. The fourth-order valence-electron chi connectivity index (χ4n) is 2.14. The smallest absolute Gasteiger partial charge is 0.131 e. The summed E-state index contributed by atoms with van der Waals surface area (Å²) in [5, 5.41) is 5.80. The first-order valence-electron chi connectivity index (χ1n) is 6.54. The Morgan fingerprint density at radius 2 is 2.28 bits per heavy atom. The lowest BCUT2D eigenvalue weighted by molar-refractivity contribution is 0.559. The van der Waals surface area contributed by atoms with Crippen LogP contribution in [0.4, 0.5) is 0 Å². The Balaban J connectivity index is 2.34. The average Bonchev–Trinajstić information content (AvgIpc) is 2.99. The number of hydrogen-bond donors (Lipinski definition) is 1. The van der Waals surface area contributed by atoms with Crippen LogP contribution in [0.25, 0.3) is 0 Å². The zero-order valence-electron chi connectivity index (χ0n) is 11.3. The molecule has 0 aromatic carbocycles. The van der Waals surface area contributed by atoms with E-state index in [9.17, 15) is 0 Å². The molecule has 2 aromatic heterocycles. The standard InChI is InChI=1S/C14H21N3S/c1-4-7-15-12(14-16-8-9-17(14)3)13-11(5-2)6-10-18-13/h6,8-10,12,15H,4-5,7H2,1-3H3. The molecular weight excluding hydrogens is 242 g/mol. The van der Waals surface area contributed by atoms with E-state index in [0.29, 0.717) is 0 Å². The first-order valence-corrected chi connectivity index (χ1v) is 7.42. The summed E-state index contributed by atoms with van der Waals surface area (Å²) in [5.74, 6) is 1.10. The van der Waals surface area contributed by atoms with Gasteiger partial charge in [-0.05, 0) is 36.4 Å². The summed E-state index contributed by atoms with van der Waals surface area (Å²) in [6, 6.07) is 2.45. The van der Waals surface area contributed by atoms with Gasteiger partial charge in [-0.15, -0.1) is 11.3 Å². The molecule has 2 heterocycles. The highest BCUT2D eigenvalue weighted by Gasteiger charge is 2.21. The quantitative estimate of drug-likeness (QED) is 0.867. The van der Waals surface area contributed by atoms with E-state index in [1.807, 2.05) is 23.7 Å². The number of rotatable bonds is 6. The first-order chi connectivity index (χ1) is 8.77. The summed E-state index contributed by atoms with van der Waals surface area (Å²) in [5.41, 5.74) is 1.43. The van der Waals surface area contributed by atoms with E-state index >= 15 is 0 Å². The third-order valence-corrected chi connectivity index (χ3v) is 4.16. The summed E-state index contributed by atoms with van der Waals surface area (Å²) in [6.07, 6.45) is 6.09. The molecule has 0 saturated heterocycles. The molecular formula is C14H21N3S. The van der Waals surface area contributed by atoms with E-state index < -0.39 is 0 Å². The zero-order valence-corrected chi connectivity index (χ0v) is 12.1.